The van der Waals surface area contributed by atoms with Gasteiger partial charge in [-0.1, -0.05) is 20.3 Å². The predicted octanol–water partition coefficient (Wildman–Crippen LogP) is 3.88. The molecule has 24 heavy (non-hydrogen) atoms. The number of anilines is 1. The van der Waals surface area contributed by atoms with Gasteiger partial charge >= 0.3 is 0 Å². The van der Waals surface area contributed by atoms with Crippen molar-refractivity contribution in [2.24, 2.45) is 5.92 Å². The number of methoxy groups -OCH3 is 1. The maximum Gasteiger partial charge on any atom is 0.256 e. The summed E-state index contributed by atoms with van der Waals surface area (Å²) < 4.78 is 11.2. The Labute approximate surface area is 144 Å². The first-order valence-corrected chi connectivity index (χ1v) is 8.58. The fourth-order valence-corrected chi connectivity index (χ4v) is 3.32. The van der Waals surface area contributed by atoms with Gasteiger partial charge in [-0.25, -0.2) is 0 Å². The number of nitrogens with one attached hydrogen (secondary N) is 1. The maximum absolute atomic E-state index is 12.9. The third-order valence-electron chi connectivity index (χ3n) is 4.53. The summed E-state index contributed by atoms with van der Waals surface area (Å²) in [5.41, 5.74) is 0.228. The highest BCUT2D eigenvalue weighted by molar-refractivity contribution is 5.97. The highest BCUT2D eigenvalue weighted by Crippen LogP contribution is 2.36. The smallest absolute Gasteiger partial charge is 0.256 e. The standard InChI is InChI=1S/C19H26N2O3/c1-4-10-24-19(9-5-6-14(2)12-19)18(22)21-16-7-8-17(23-3)15(11-16)13-20/h7-8,11,14H,4-6,9-10,12H2,1-3H3,(H,21,22)/t14-,19-/m1/s1. The van der Waals surface area contributed by atoms with Crippen LogP contribution < -0.4 is 10.1 Å². The molecular formula is C19H26N2O3. The van der Waals surface area contributed by atoms with Gasteiger partial charge in [0.05, 0.1) is 12.7 Å². The van der Waals surface area contributed by atoms with Crippen LogP contribution in [0.1, 0.15) is 51.5 Å². The molecule has 2 atom stereocenters. The van der Waals surface area contributed by atoms with E-state index in [-0.39, 0.29) is 5.91 Å². The van der Waals surface area contributed by atoms with Crippen molar-refractivity contribution in [1.29, 1.82) is 5.26 Å². The largest absolute Gasteiger partial charge is 0.495 e. The summed E-state index contributed by atoms with van der Waals surface area (Å²) in [6.45, 7) is 4.78. The van der Waals surface area contributed by atoms with Gasteiger partial charge in [-0.15, -0.1) is 0 Å². The number of nitriles is 1. The normalized spacial score (nSPS) is 23.3. The van der Waals surface area contributed by atoms with Crippen molar-refractivity contribution < 1.29 is 14.3 Å². The molecule has 0 aromatic heterocycles. The van der Waals surface area contributed by atoms with Crippen molar-refractivity contribution in [2.75, 3.05) is 19.0 Å². The second-order valence-corrected chi connectivity index (χ2v) is 6.53. The molecule has 2 rings (SSSR count). The molecule has 1 N–H and O–H groups in total. The number of rotatable bonds is 6. The summed E-state index contributed by atoms with van der Waals surface area (Å²) in [6.07, 6.45) is 4.48. The summed E-state index contributed by atoms with van der Waals surface area (Å²) in [6, 6.07) is 7.16. The van der Waals surface area contributed by atoms with E-state index in [4.69, 9.17) is 9.47 Å². The molecule has 0 radical (unpaired) electrons. The van der Waals surface area contributed by atoms with E-state index < -0.39 is 5.60 Å². The quantitative estimate of drug-likeness (QED) is 0.859. The number of hydrogen-bond donors (Lipinski definition) is 1. The zero-order valence-electron chi connectivity index (χ0n) is 14.7. The molecule has 0 spiro atoms. The van der Waals surface area contributed by atoms with E-state index in [1.165, 1.54) is 7.11 Å². The number of amides is 1. The topological polar surface area (TPSA) is 71.3 Å². The number of carbonyl (C=O) groups is 1. The molecule has 5 nitrogen and oxygen atoms in total. The van der Waals surface area contributed by atoms with Crippen molar-refractivity contribution in [1.82, 2.24) is 0 Å². The van der Waals surface area contributed by atoms with Crippen LogP contribution in [0.15, 0.2) is 18.2 Å². The highest BCUT2D eigenvalue weighted by atomic mass is 16.5. The molecule has 1 aliphatic carbocycles. The fraction of sp³-hybridized carbons (Fsp3) is 0.579. The predicted molar refractivity (Wildman–Crippen MR) is 92.9 cm³/mol. The van der Waals surface area contributed by atoms with E-state index in [1.807, 2.05) is 6.92 Å². The van der Waals surface area contributed by atoms with Crippen LogP contribution in [0.3, 0.4) is 0 Å². The van der Waals surface area contributed by atoms with Crippen LogP contribution in [0.5, 0.6) is 5.75 Å². The summed E-state index contributed by atoms with van der Waals surface area (Å²) in [5, 5.41) is 12.1. The average molecular weight is 330 g/mol. The second kappa shape index (κ2) is 8.16. The van der Waals surface area contributed by atoms with Gasteiger partial charge in [-0.3, -0.25) is 4.79 Å². The Balaban J connectivity index is 2.20. The zero-order chi connectivity index (χ0) is 17.6. The summed E-state index contributed by atoms with van der Waals surface area (Å²) in [7, 11) is 1.52. The lowest BCUT2D eigenvalue weighted by Gasteiger charge is -2.38. The van der Waals surface area contributed by atoms with Gasteiger partial charge < -0.3 is 14.8 Å². The van der Waals surface area contributed by atoms with Crippen molar-refractivity contribution >= 4 is 11.6 Å². The minimum atomic E-state index is -0.763. The highest BCUT2D eigenvalue weighted by Gasteiger charge is 2.42. The lowest BCUT2D eigenvalue weighted by molar-refractivity contribution is -0.148. The molecule has 0 unspecified atom stereocenters. The van der Waals surface area contributed by atoms with Crippen LogP contribution >= 0.6 is 0 Å². The van der Waals surface area contributed by atoms with E-state index in [1.54, 1.807) is 18.2 Å². The average Bonchev–Trinajstić information content (AvgIpc) is 2.59. The van der Waals surface area contributed by atoms with Gasteiger partial charge in [0.2, 0.25) is 0 Å². The molecular weight excluding hydrogens is 304 g/mol. The van der Waals surface area contributed by atoms with Crippen LogP contribution in [0.25, 0.3) is 0 Å². The van der Waals surface area contributed by atoms with Gasteiger partial charge in [0.1, 0.15) is 17.4 Å². The van der Waals surface area contributed by atoms with Crippen molar-refractivity contribution in [3.05, 3.63) is 23.8 Å². The molecule has 0 aliphatic heterocycles. The van der Waals surface area contributed by atoms with Crippen LogP contribution in [-0.2, 0) is 9.53 Å². The Bertz CT molecular complexity index is 624. The van der Waals surface area contributed by atoms with Gasteiger partial charge in [-0.05, 0) is 49.8 Å². The zero-order valence-corrected chi connectivity index (χ0v) is 14.7. The number of nitrogens with zero attached hydrogens (tertiary/aromatic N) is 1. The molecule has 1 amide bonds. The molecule has 130 valence electrons. The number of hydrogen-bond acceptors (Lipinski definition) is 4. The summed E-state index contributed by atoms with van der Waals surface area (Å²) >= 11 is 0. The first-order valence-electron chi connectivity index (χ1n) is 8.58. The molecule has 0 saturated heterocycles. The van der Waals surface area contributed by atoms with Crippen molar-refractivity contribution in [3.8, 4) is 11.8 Å². The van der Waals surface area contributed by atoms with Crippen LogP contribution in [-0.4, -0.2) is 25.2 Å². The SMILES string of the molecule is CCCO[C@]1(C(=O)Nc2ccc(OC)c(C#N)c2)CCC[C@@H](C)C1. The number of carbonyl (C=O) groups excluding carboxylic acids is 1. The summed E-state index contributed by atoms with van der Waals surface area (Å²) in [5.74, 6) is 0.849. The number of ether oxygens (including phenoxy) is 2. The molecule has 0 bridgehead atoms. The molecule has 0 heterocycles. The molecule has 1 aliphatic rings. The van der Waals surface area contributed by atoms with Gasteiger partial charge in [0.15, 0.2) is 0 Å². The minimum Gasteiger partial charge on any atom is -0.495 e. The summed E-state index contributed by atoms with van der Waals surface area (Å²) in [4.78, 5) is 12.9. The Morgan fingerprint density at radius 2 is 2.29 bits per heavy atom. The van der Waals surface area contributed by atoms with E-state index in [0.717, 1.165) is 32.1 Å². The Morgan fingerprint density at radius 3 is 2.92 bits per heavy atom. The van der Waals surface area contributed by atoms with Crippen LogP contribution in [0.2, 0.25) is 0 Å². The van der Waals surface area contributed by atoms with Crippen LogP contribution in [0, 0.1) is 17.2 Å². The Kier molecular flexibility index (Phi) is 6.22. The maximum atomic E-state index is 12.9. The third-order valence-corrected chi connectivity index (χ3v) is 4.53. The minimum absolute atomic E-state index is 0.114. The molecule has 1 aromatic carbocycles. The Morgan fingerprint density at radius 1 is 1.50 bits per heavy atom. The lowest BCUT2D eigenvalue weighted by atomic mass is 9.78. The van der Waals surface area contributed by atoms with Crippen LogP contribution in [0.4, 0.5) is 5.69 Å². The first-order chi connectivity index (χ1) is 11.5. The second-order valence-electron chi connectivity index (χ2n) is 6.53. The molecule has 1 fully saturated rings. The first kappa shape index (κ1) is 18.3. The lowest BCUT2D eigenvalue weighted by Crippen LogP contribution is -2.48. The van der Waals surface area contributed by atoms with Gasteiger partial charge in [-0.2, -0.15) is 5.26 Å². The van der Waals surface area contributed by atoms with Gasteiger partial charge in [0.25, 0.3) is 5.91 Å². The molecule has 1 aromatic rings. The fourth-order valence-electron chi connectivity index (χ4n) is 3.32. The van der Waals surface area contributed by atoms with Crippen molar-refractivity contribution in [2.45, 2.75) is 51.6 Å². The molecule has 5 heteroatoms. The van der Waals surface area contributed by atoms with E-state index >= 15 is 0 Å². The van der Waals surface area contributed by atoms with Crippen molar-refractivity contribution in [3.63, 3.8) is 0 Å². The Hall–Kier alpha value is -2.06. The van der Waals surface area contributed by atoms with E-state index in [0.29, 0.717) is 29.5 Å². The van der Waals surface area contributed by atoms with E-state index in [2.05, 4.69) is 18.3 Å². The monoisotopic (exact) mass is 330 g/mol. The number of benzene rings is 1. The van der Waals surface area contributed by atoms with Gasteiger partial charge in [0, 0.05) is 12.3 Å². The van der Waals surface area contributed by atoms with E-state index in [9.17, 15) is 10.1 Å². The third kappa shape index (κ3) is 4.07. The molecule has 1 saturated carbocycles.